The van der Waals surface area contributed by atoms with Crippen LogP contribution in [-0.2, 0) is 6.42 Å². The fourth-order valence-corrected chi connectivity index (χ4v) is 3.52. The third-order valence-corrected chi connectivity index (χ3v) is 4.57. The third kappa shape index (κ3) is 2.45. The minimum Gasteiger partial charge on any atom is -0.288 e. The highest BCUT2D eigenvalue weighted by atomic mass is 15.4. The molecule has 0 radical (unpaired) electrons. The molecule has 0 bridgehead atoms. The largest absolute Gasteiger partial charge is 0.288 e. The van der Waals surface area contributed by atoms with Gasteiger partial charge in [-0.1, -0.05) is 24.3 Å². The van der Waals surface area contributed by atoms with Gasteiger partial charge in [-0.15, -0.1) is 0 Å². The van der Waals surface area contributed by atoms with Gasteiger partial charge in [0.15, 0.2) is 0 Å². The standard InChI is InChI=1S/C16H24N2/c1-14-6-2-3-7-15(14)9-13-18-12-5-11-17-10-4-8-16(17)18/h2-3,6-7,16H,4-5,8-13H2,1H3. The van der Waals surface area contributed by atoms with Gasteiger partial charge in [0.2, 0.25) is 0 Å². The Morgan fingerprint density at radius 1 is 1.11 bits per heavy atom. The Morgan fingerprint density at radius 2 is 1.94 bits per heavy atom. The van der Waals surface area contributed by atoms with Crippen molar-refractivity contribution < 1.29 is 0 Å². The van der Waals surface area contributed by atoms with E-state index in [2.05, 4.69) is 41.0 Å². The number of hydrogen-bond acceptors (Lipinski definition) is 2. The third-order valence-electron chi connectivity index (χ3n) is 4.57. The lowest BCUT2D eigenvalue weighted by Gasteiger charge is -2.40. The SMILES string of the molecule is Cc1ccccc1CCN1CCCN2CCCC21. The van der Waals surface area contributed by atoms with E-state index in [1.165, 1.54) is 63.0 Å². The molecule has 0 saturated carbocycles. The molecule has 18 heavy (non-hydrogen) atoms. The summed E-state index contributed by atoms with van der Waals surface area (Å²) < 4.78 is 0. The van der Waals surface area contributed by atoms with Crippen LogP contribution in [0.1, 0.15) is 30.4 Å². The predicted molar refractivity (Wildman–Crippen MR) is 75.7 cm³/mol. The van der Waals surface area contributed by atoms with Crippen LogP contribution in [0.4, 0.5) is 0 Å². The van der Waals surface area contributed by atoms with Crippen molar-refractivity contribution in [3.8, 4) is 0 Å². The fraction of sp³-hybridized carbons (Fsp3) is 0.625. The van der Waals surface area contributed by atoms with Crippen LogP contribution in [0.2, 0.25) is 0 Å². The van der Waals surface area contributed by atoms with Crippen molar-refractivity contribution in [2.45, 2.75) is 38.8 Å². The molecule has 2 saturated heterocycles. The quantitative estimate of drug-likeness (QED) is 0.806. The Morgan fingerprint density at radius 3 is 2.83 bits per heavy atom. The summed E-state index contributed by atoms with van der Waals surface area (Å²) in [6, 6.07) is 8.82. The van der Waals surface area contributed by atoms with E-state index in [-0.39, 0.29) is 0 Å². The van der Waals surface area contributed by atoms with E-state index in [1.54, 1.807) is 0 Å². The number of rotatable bonds is 3. The van der Waals surface area contributed by atoms with Gasteiger partial charge in [0.05, 0.1) is 6.17 Å². The Labute approximate surface area is 111 Å². The van der Waals surface area contributed by atoms with Crippen LogP contribution in [0.25, 0.3) is 0 Å². The van der Waals surface area contributed by atoms with Gasteiger partial charge in [-0.3, -0.25) is 9.80 Å². The van der Waals surface area contributed by atoms with E-state index in [0.29, 0.717) is 0 Å². The van der Waals surface area contributed by atoms with Crippen molar-refractivity contribution >= 4 is 0 Å². The van der Waals surface area contributed by atoms with Crippen LogP contribution in [0, 0.1) is 6.92 Å². The van der Waals surface area contributed by atoms with Crippen molar-refractivity contribution in [1.82, 2.24) is 9.80 Å². The Bertz CT molecular complexity index is 402. The van der Waals surface area contributed by atoms with Gasteiger partial charge in [-0.25, -0.2) is 0 Å². The molecule has 0 aromatic heterocycles. The van der Waals surface area contributed by atoms with Crippen LogP contribution in [0.15, 0.2) is 24.3 Å². The lowest BCUT2D eigenvalue weighted by molar-refractivity contribution is 0.0356. The summed E-state index contributed by atoms with van der Waals surface area (Å²) in [6.07, 6.45) is 6.09. The molecular formula is C16H24N2. The van der Waals surface area contributed by atoms with Crippen molar-refractivity contribution in [3.05, 3.63) is 35.4 Å². The van der Waals surface area contributed by atoms with Gasteiger partial charge in [0.1, 0.15) is 0 Å². The monoisotopic (exact) mass is 244 g/mol. The summed E-state index contributed by atoms with van der Waals surface area (Å²) in [7, 11) is 0. The number of aryl methyl sites for hydroxylation is 1. The second-order valence-electron chi connectivity index (χ2n) is 5.72. The molecule has 2 aliphatic rings. The van der Waals surface area contributed by atoms with Gasteiger partial charge >= 0.3 is 0 Å². The topological polar surface area (TPSA) is 6.48 Å². The maximum atomic E-state index is 2.71. The maximum Gasteiger partial charge on any atom is 0.0623 e. The van der Waals surface area contributed by atoms with Gasteiger partial charge in [0, 0.05) is 19.6 Å². The average molecular weight is 244 g/mol. The number of hydrogen-bond donors (Lipinski definition) is 0. The molecule has 3 rings (SSSR count). The lowest BCUT2D eigenvalue weighted by Crippen LogP contribution is -2.50. The van der Waals surface area contributed by atoms with Gasteiger partial charge in [-0.05, 0) is 50.3 Å². The molecule has 2 aliphatic heterocycles. The first-order valence-electron chi connectivity index (χ1n) is 7.37. The Kier molecular flexibility index (Phi) is 3.67. The van der Waals surface area contributed by atoms with E-state index in [4.69, 9.17) is 0 Å². The second-order valence-corrected chi connectivity index (χ2v) is 5.72. The molecule has 2 fully saturated rings. The summed E-state index contributed by atoms with van der Waals surface area (Å²) in [4.78, 5) is 5.39. The minimum absolute atomic E-state index is 0.753. The number of fused-ring (bicyclic) bond motifs is 1. The lowest BCUT2D eigenvalue weighted by atomic mass is 10.1. The van der Waals surface area contributed by atoms with Gasteiger partial charge < -0.3 is 0 Å². The molecule has 2 heteroatoms. The number of benzene rings is 1. The molecule has 0 aliphatic carbocycles. The molecule has 0 amide bonds. The second kappa shape index (κ2) is 5.41. The van der Waals surface area contributed by atoms with Crippen molar-refractivity contribution in [1.29, 1.82) is 0 Å². The smallest absolute Gasteiger partial charge is 0.0623 e. The minimum atomic E-state index is 0.753. The summed E-state index contributed by atoms with van der Waals surface area (Å²) >= 11 is 0. The molecule has 0 spiro atoms. The van der Waals surface area contributed by atoms with Crippen molar-refractivity contribution in [2.75, 3.05) is 26.2 Å². The summed E-state index contributed by atoms with van der Waals surface area (Å²) in [5.74, 6) is 0. The Hall–Kier alpha value is -0.860. The van der Waals surface area contributed by atoms with E-state index in [1.807, 2.05) is 0 Å². The molecule has 1 atom stereocenters. The van der Waals surface area contributed by atoms with E-state index in [9.17, 15) is 0 Å². The van der Waals surface area contributed by atoms with Crippen LogP contribution < -0.4 is 0 Å². The average Bonchev–Trinajstić information content (AvgIpc) is 2.86. The fourth-order valence-electron chi connectivity index (χ4n) is 3.52. The molecule has 2 nitrogen and oxygen atoms in total. The molecular weight excluding hydrogens is 220 g/mol. The van der Waals surface area contributed by atoms with E-state index < -0.39 is 0 Å². The predicted octanol–water partition coefficient (Wildman–Crippen LogP) is 2.67. The Balaban J connectivity index is 1.61. The zero-order valence-electron chi connectivity index (χ0n) is 11.4. The van der Waals surface area contributed by atoms with Crippen molar-refractivity contribution in [2.24, 2.45) is 0 Å². The van der Waals surface area contributed by atoms with E-state index >= 15 is 0 Å². The normalized spacial score (nSPS) is 25.3. The highest BCUT2D eigenvalue weighted by Gasteiger charge is 2.32. The van der Waals surface area contributed by atoms with Gasteiger partial charge in [-0.2, -0.15) is 0 Å². The molecule has 1 aromatic rings. The zero-order valence-corrected chi connectivity index (χ0v) is 11.4. The van der Waals surface area contributed by atoms with Gasteiger partial charge in [0.25, 0.3) is 0 Å². The first kappa shape index (κ1) is 12.2. The van der Waals surface area contributed by atoms with Crippen LogP contribution >= 0.6 is 0 Å². The van der Waals surface area contributed by atoms with E-state index in [0.717, 1.165) is 6.17 Å². The zero-order chi connectivity index (χ0) is 12.4. The molecule has 1 aromatic carbocycles. The first-order valence-corrected chi connectivity index (χ1v) is 7.37. The summed E-state index contributed by atoms with van der Waals surface area (Å²) in [5.41, 5.74) is 2.96. The maximum absolute atomic E-state index is 2.71. The highest BCUT2D eigenvalue weighted by Crippen LogP contribution is 2.25. The molecule has 1 unspecified atom stereocenters. The molecule has 98 valence electrons. The van der Waals surface area contributed by atoms with Crippen LogP contribution in [0.3, 0.4) is 0 Å². The number of nitrogens with zero attached hydrogens (tertiary/aromatic N) is 2. The summed E-state index contributed by atoms with van der Waals surface area (Å²) in [5, 5.41) is 0. The van der Waals surface area contributed by atoms with Crippen molar-refractivity contribution in [3.63, 3.8) is 0 Å². The molecule has 0 N–H and O–H groups in total. The molecule has 2 heterocycles. The highest BCUT2D eigenvalue weighted by molar-refractivity contribution is 5.25. The van der Waals surface area contributed by atoms with Crippen LogP contribution in [-0.4, -0.2) is 42.1 Å². The summed E-state index contributed by atoms with van der Waals surface area (Å²) in [6.45, 7) is 7.41. The van der Waals surface area contributed by atoms with Crippen LogP contribution in [0.5, 0.6) is 0 Å². The first-order chi connectivity index (χ1) is 8.84.